The molecule has 0 saturated carbocycles. The highest BCUT2D eigenvalue weighted by molar-refractivity contribution is 5.88. The fourth-order valence-corrected chi connectivity index (χ4v) is 4.50. The van der Waals surface area contributed by atoms with Gasteiger partial charge in [-0.05, 0) is 80.8 Å². The molecule has 1 unspecified atom stereocenters. The number of ether oxygens (including phenoxy) is 1. The quantitative estimate of drug-likeness (QED) is 0.169. The van der Waals surface area contributed by atoms with Gasteiger partial charge in [0.1, 0.15) is 23.3 Å². The molecule has 1 aliphatic heterocycles. The molecule has 1 atom stereocenters. The van der Waals surface area contributed by atoms with Crippen molar-refractivity contribution in [2.24, 2.45) is 0 Å². The van der Waals surface area contributed by atoms with Crippen LogP contribution in [0.5, 0.6) is 11.5 Å². The third-order valence-electron chi connectivity index (χ3n) is 6.61. The van der Waals surface area contributed by atoms with E-state index in [1.54, 1.807) is 19.1 Å². The first-order chi connectivity index (χ1) is 19.3. The minimum Gasteiger partial charge on any atom is -0.457 e. The summed E-state index contributed by atoms with van der Waals surface area (Å²) in [6.07, 6.45) is 3.62. The molecule has 0 bridgehead atoms. The maximum Gasteiger partial charge on any atom is 0.416 e. The van der Waals surface area contributed by atoms with E-state index in [-0.39, 0.29) is 5.75 Å². The van der Waals surface area contributed by atoms with Crippen molar-refractivity contribution >= 4 is 28.9 Å². The van der Waals surface area contributed by atoms with Gasteiger partial charge in [-0.1, -0.05) is 13.0 Å². The molecule has 1 aliphatic rings. The van der Waals surface area contributed by atoms with Crippen LogP contribution in [0.15, 0.2) is 61.1 Å². The number of carbonyl (C=O) groups excluding carboxylic acids is 1. The Morgan fingerprint density at radius 3 is 2.70 bits per heavy atom. The SMILES string of the molecule is CCC1CCCN1.Cc1cc(Nc2ncnc3ccn(CCNC=O)c23)ccc1Oc1cccc(C(F)(F)F)c1. The minimum atomic E-state index is -4.44. The van der Waals surface area contributed by atoms with E-state index in [0.29, 0.717) is 31.1 Å². The number of fused-ring (bicyclic) bond motifs is 1. The van der Waals surface area contributed by atoms with Gasteiger partial charge in [0.25, 0.3) is 0 Å². The summed E-state index contributed by atoms with van der Waals surface area (Å²) in [5.74, 6) is 1.13. The second-order valence-electron chi connectivity index (χ2n) is 9.47. The minimum absolute atomic E-state index is 0.105. The predicted octanol–water partition coefficient (Wildman–Crippen LogP) is 6.19. The number of nitrogens with one attached hydrogen (secondary N) is 3. The Hall–Kier alpha value is -4.12. The zero-order chi connectivity index (χ0) is 28.5. The van der Waals surface area contributed by atoms with Gasteiger partial charge in [0.2, 0.25) is 6.41 Å². The Bertz CT molecular complexity index is 1420. The van der Waals surface area contributed by atoms with Crippen molar-refractivity contribution in [3.05, 3.63) is 72.2 Å². The number of aryl methyl sites for hydroxylation is 1. The van der Waals surface area contributed by atoms with Crippen LogP contribution in [0.3, 0.4) is 0 Å². The van der Waals surface area contributed by atoms with Crippen LogP contribution in [-0.2, 0) is 17.5 Å². The highest BCUT2D eigenvalue weighted by atomic mass is 19.4. The molecule has 3 heterocycles. The average Bonchev–Trinajstić information content (AvgIpc) is 3.61. The largest absolute Gasteiger partial charge is 0.457 e. The van der Waals surface area contributed by atoms with Crippen molar-refractivity contribution in [3.63, 3.8) is 0 Å². The molecular weight excluding hydrogens is 521 g/mol. The van der Waals surface area contributed by atoms with Gasteiger partial charge in [0.15, 0.2) is 5.82 Å². The van der Waals surface area contributed by atoms with E-state index in [1.807, 2.05) is 22.9 Å². The molecule has 8 nitrogen and oxygen atoms in total. The van der Waals surface area contributed by atoms with E-state index in [0.717, 1.165) is 40.5 Å². The Morgan fingerprint density at radius 1 is 1.18 bits per heavy atom. The smallest absolute Gasteiger partial charge is 0.416 e. The fourth-order valence-electron chi connectivity index (χ4n) is 4.50. The van der Waals surface area contributed by atoms with Crippen LogP contribution in [0.4, 0.5) is 24.7 Å². The molecule has 0 spiro atoms. The summed E-state index contributed by atoms with van der Waals surface area (Å²) in [6.45, 7) is 6.30. The van der Waals surface area contributed by atoms with Crippen LogP contribution in [0.2, 0.25) is 0 Å². The lowest BCUT2D eigenvalue weighted by Gasteiger charge is -2.14. The second-order valence-corrected chi connectivity index (χ2v) is 9.47. The molecular formula is C29H33F3N6O2. The molecule has 11 heteroatoms. The zero-order valence-corrected chi connectivity index (χ0v) is 22.5. The molecule has 1 saturated heterocycles. The van der Waals surface area contributed by atoms with Gasteiger partial charge in [-0.15, -0.1) is 0 Å². The Balaban J connectivity index is 0.000000461. The summed E-state index contributed by atoms with van der Waals surface area (Å²) in [6, 6.07) is 12.7. The lowest BCUT2D eigenvalue weighted by molar-refractivity contribution is -0.137. The summed E-state index contributed by atoms with van der Waals surface area (Å²) < 4.78 is 46.5. The Morgan fingerprint density at radius 2 is 2.02 bits per heavy atom. The number of alkyl halides is 3. The first-order valence-electron chi connectivity index (χ1n) is 13.2. The van der Waals surface area contributed by atoms with Crippen molar-refractivity contribution in [2.45, 2.75) is 51.9 Å². The highest BCUT2D eigenvalue weighted by Gasteiger charge is 2.30. The van der Waals surface area contributed by atoms with E-state index in [9.17, 15) is 18.0 Å². The van der Waals surface area contributed by atoms with Crippen LogP contribution in [0.1, 0.15) is 37.3 Å². The number of benzene rings is 2. The molecule has 2 aromatic heterocycles. The topological polar surface area (TPSA) is 93.1 Å². The summed E-state index contributed by atoms with van der Waals surface area (Å²) in [5, 5.41) is 9.29. The first-order valence-corrected chi connectivity index (χ1v) is 13.2. The molecule has 0 aliphatic carbocycles. The summed E-state index contributed by atoms with van der Waals surface area (Å²) in [4.78, 5) is 19.1. The predicted molar refractivity (Wildman–Crippen MR) is 149 cm³/mol. The van der Waals surface area contributed by atoms with Crippen molar-refractivity contribution < 1.29 is 22.7 Å². The van der Waals surface area contributed by atoms with Gasteiger partial charge < -0.3 is 25.3 Å². The van der Waals surface area contributed by atoms with Crippen molar-refractivity contribution in [3.8, 4) is 11.5 Å². The number of amides is 1. The van der Waals surface area contributed by atoms with Crippen molar-refractivity contribution in [1.82, 2.24) is 25.2 Å². The van der Waals surface area contributed by atoms with Crippen LogP contribution in [0, 0.1) is 6.92 Å². The summed E-state index contributed by atoms with van der Waals surface area (Å²) >= 11 is 0. The first kappa shape index (κ1) is 28.9. The van der Waals surface area contributed by atoms with E-state index >= 15 is 0 Å². The normalized spacial score (nSPS) is 14.9. The van der Waals surface area contributed by atoms with Gasteiger partial charge in [0, 0.05) is 31.0 Å². The van der Waals surface area contributed by atoms with Gasteiger partial charge in [0.05, 0.1) is 11.1 Å². The molecule has 40 heavy (non-hydrogen) atoms. The maximum atomic E-state index is 13.0. The third-order valence-corrected chi connectivity index (χ3v) is 6.61. The monoisotopic (exact) mass is 554 g/mol. The number of halogens is 3. The lowest BCUT2D eigenvalue weighted by Crippen LogP contribution is -2.19. The number of hydrogen-bond donors (Lipinski definition) is 3. The van der Waals surface area contributed by atoms with Gasteiger partial charge in [-0.25, -0.2) is 9.97 Å². The molecule has 1 fully saturated rings. The van der Waals surface area contributed by atoms with Crippen molar-refractivity contribution in [1.29, 1.82) is 0 Å². The molecule has 1 amide bonds. The van der Waals surface area contributed by atoms with Crippen LogP contribution in [0.25, 0.3) is 11.0 Å². The number of carbonyl (C=O) groups is 1. The summed E-state index contributed by atoms with van der Waals surface area (Å²) in [7, 11) is 0. The molecule has 3 N–H and O–H groups in total. The number of aromatic nitrogens is 3. The van der Waals surface area contributed by atoms with Crippen molar-refractivity contribution in [2.75, 3.05) is 18.4 Å². The molecule has 2 aromatic carbocycles. The van der Waals surface area contributed by atoms with E-state index < -0.39 is 11.7 Å². The number of rotatable bonds is 9. The second kappa shape index (κ2) is 13.3. The van der Waals surface area contributed by atoms with E-state index in [2.05, 4.69) is 32.8 Å². The van der Waals surface area contributed by atoms with Crippen LogP contribution in [-0.4, -0.2) is 40.1 Å². The van der Waals surface area contributed by atoms with Crippen LogP contribution < -0.4 is 20.7 Å². The molecule has 5 rings (SSSR count). The lowest BCUT2D eigenvalue weighted by atomic mass is 10.2. The molecule has 4 aromatic rings. The maximum absolute atomic E-state index is 13.0. The molecule has 0 radical (unpaired) electrons. The van der Waals surface area contributed by atoms with Gasteiger partial charge in [-0.2, -0.15) is 13.2 Å². The molecule has 212 valence electrons. The summed E-state index contributed by atoms with van der Waals surface area (Å²) in [5.41, 5.74) is 2.22. The fraction of sp³-hybridized carbons (Fsp3) is 0.345. The number of nitrogens with zero attached hydrogens (tertiary/aromatic N) is 3. The standard InChI is InChI=1S/C23H20F3N5O2.C6H13N/c1-15-11-17(5-6-20(15)33-18-4-2-3-16(12-18)23(24,25)26)30-22-21-19(28-13-29-22)7-9-31(21)10-8-27-14-32;1-2-6-4-3-5-7-6/h2-7,9,11-14H,8,10H2,1H3,(H,27,32)(H,28,29,30);6-7H,2-5H2,1H3. The number of anilines is 2. The van der Waals surface area contributed by atoms with Crippen LogP contribution >= 0.6 is 0 Å². The third kappa shape index (κ3) is 7.50. The van der Waals surface area contributed by atoms with Gasteiger partial charge >= 0.3 is 6.18 Å². The van der Waals surface area contributed by atoms with Gasteiger partial charge in [-0.3, -0.25) is 4.79 Å². The number of hydrogen-bond acceptors (Lipinski definition) is 6. The zero-order valence-electron chi connectivity index (χ0n) is 22.5. The van der Waals surface area contributed by atoms with E-state index in [1.165, 1.54) is 44.3 Å². The Labute approximate surface area is 231 Å². The Kier molecular flexibility index (Phi) is 9.60. The highest BCUT2D eigenvalue weighted by Crippen LogP contribution is 2.34. The van der Waals surface area contributed by atoms with E-state index in [4.69, 9.17) is 4.74 Å². The average molecular weight is 555 g/mol.